The summed E-state index contributed by atoms with van der Waals surface area (Å²) in [5, 5.41) is 11.6. The van der Waals surface area contributed by atoms with E-state index in [-0.39, 0.29) is 57.4 Å². The van der Waals surface area contributed by atoms with Crippen LogP contribution in [-0.2, 0) is 22.6 Å². The minimum absolute atomic E-state index is 0.0373. The SMILES string of the molecule is C=NN(C)/C=C(\C)c1cnc(Nc2ccc3c(c2)CN(C(=O)C(F)(F)F)CC3)nc1NC1CCN(C(=O)C(F)(F)F)CC1. The summed E-state index contributed by atoms with van der Waals surface area (Å²) in [7, 11) is 1.67. The van der Waals surface area contributed by atoms with Crippen LogP contribution in [0.2, 0.25) is 0 Å². The third-order valence-electron chi connectivity index (χ3n) is 7.19. The summed E-state index contributed by atoms with van der Waals surface area (Å²) in [5.74, 6) is -3.22. The van der Waals surface area contributed by atoms with Gasteiger partial charge in [-0.25, -0.2) is 4.98 Å². The Hall–Kier alpha value is -4.37. The maximum Gasteiger partial charge on any atom is 0.471 e. The smallest absolute Gasteiger partial charge is 0.367 e. The van der Waals surface area contributed by atoms with E-state index in [4.69, 9.17) is 0 Å². The van der Waals surface area contributed by atoms with Crippen molar-refractivity contribution in [1.29, 1.82) is 0 Å². The topological polar surface area (TPSA) is 106 Å². The monoisotopic (exact) mass is 612 g/mol. The second-order valence-corrected chi connectivity index (χ2v) is 10.3. The number of carbonyl (C=O) groups is 2. The van der Waals surface area contributed by atoms with Gasteiger partial charge in [-0.15, -0.1) is 0 Å². The number of alkyl halides is 6. The van der Waals surface area contributed by atoms with Crippen molar-refractivity contribution in [3.05, 3.63) is 47.3 Å². The molecule has 2 N–H and O–H groups in total. The number of benzene rings is 1. The number of fused-ring (bicyclic) bond motifs is 1. The zero-order valence-corrected chi connectivity index (χ0v) is 23.4. The van der Waals surface area contributed by atoms with Crippen molar-refractivity contribution in [1.82, 2.24) is 24.8 Å². The molecule has 0 atom stereocenters. The van der Waals surface area contributed by atoms with Crippen LogP contribution in [0.4, 0.5) is 43.8 Å². The summed E-state index contributed by atoms with van der Waals surface area (Å²) < 4.78 is 77.4. The number of anilines is 3. The lowest BCUT2D eigenvalue weighted by atomic mass is 9.99. The van der Waals surface area contributed by atoms with Gasteiger partial charge in [-0.3, -0.25) is 14.6 Å². The molecule has 0 aliphatic carbocycles. The molecular weight excluding hydrogens is 582 g/mol. The molecule has 1 aromatic heterocycles. The van der Waals surface area contributed by atoms with Gasteiger partial charge in [-0.1, -0.05) is 6.07 Å². The number of carbonyl (C=O) groups excluding carboxylic acids is 2. The Morgan fingerprint density at radius 3 is 2.33 bits per heavy atom. The lowest BCUT2D eigenvalue weighted by Gasteiger charge is -2.33. The number of allylic oxidation sites excluding steroid dienone is 1. The van der Waals surface area contributed by atoms with Crippen LogP contribution in [0.25, 0.3) is 5.57 Å². The van der Waals surface area contributed by atoms with Crippen LogP contribution in [-0.4, -0.2) is 88.4 Å². The van der Waals surface area contributed by atoms with Crippen LogP contribution in [0.1, 0.15) is 36.5 Å². The molecule has 2 amide bonds. The molecule has 232 valence electrons. The van der Waals surface area contributed by atoms with Crippen molar-refractivity contribution in [2.75, 3.05) is 37.3 Å². The normalized spacial score (nSPS) is 16.4. The van der Waals surface area contributed by atoms with E-state index in [1.807, 2.05) is 0 Å². The van der Waals surface area contributed by atoms with E-state index >= 15 is 0 Å². The fourth-order valence-corrected chi connectivity index (χ4v) is 4.95. The largest absolute Gasteiger partial charge is 0.471 e. The number of nitrogens with zero attached hydrogens (tertiary/aromatic N) is 6. The molecule has 2 aliphatic rings. The van der Waals surface area contributed by atoms with Crippen molar-refractivity contribution in [2.24, 2.45) is 5.10 Å². The minimum Gasteiger partial charge on any atom is -0.367 e. The highest BCUT2D eigenvalue weighted by atomic mass is 19.4. The number of hydrogen-bond acceptors (Lipinski definition) is 8. The molecule has 1 saturated heterocycles. The van der Waals surface area contributed by atoms with Crippen LogP contribution < -0.4 is 10.6 Å². The molecule has 4 rings (SSSR count). The molecule has 1 fully saturated rings. The highest BCUT2D eigenvalue weighted by Crippen LogP contribution is 2.30. The summed E-state index contributed by atoms with van der Waals surface area (Å²) in [6.07, 6.45) is -5.87. The number of amides is 2. The summed E-state index contributed by atoms with van der Waals surface area (Å²) in [6, 6.07) is 4.84. The van der Waals surface area contributed by atoms with E-state index < -0.39 is 24.2 Å². The molecule has 3 heterocycles. The van der Waals surface area contributed by atoms with Gasteiger partial charge < -0.3 is 20.4 Å². The fraction of sp³-hybridized carbons (Fsp3) is 0.444. The zero-order valence-electron chi connectivity index (χ0n) is 23.4. The highest BCUT2D eigenvalue weighted by molar-refractivity contribution is 5.82. The third kappa shape index (κ3) is 7.73. The van der Waals surface area contributed by atoms with Crippen molar-refractivity contribution >= 4 is 41.6 Å². The number of aromatic nitrogens is 2. The van der Waals surface area contributed by atoms with Gasteiger partial charge in [0.1, 0.15) is 5.82 Å². The van der Waals surface area contributed by atoms with E-state index in [0.717, 1.165) is 15.4 Å². The van der Waals surface area contributed by atoms with Crippen molar-refractivity contribution in [2.45, 2.75) is 51.1 Å². The van der Waals surface area contributed by atoms with Gasteiger partial charge in [0.15, 0.2) is 0 Å². The van der Waals surface area contributed by atoms with E-state index in [1.165, 1.54) is 5.01 Å². The maximum absolute atomic E-state index is 13.0. The Morgan fingerprint density at radius 1 is 1.05 bits per heavy atom. The molecule has 43 heavy (non-hydrogen) atoms. The predicted molar refractivity (Wildman–Crippen MR) is 147 cm³/mol. The molecular formula is C27H30F6N8O2. The number of rotatable bonds is 7. The van der Waals surface area contributed by atoms with E-state index in [1.54, 1.807) is 44.6 Å². The lowest BCUT2D eigenvalue weighted by molar-refractivity contribution is -0.186. The first-order chi connectivity index (χ1) is 20.2. The Labute approximate surface area is 243 Å². The summed E-state index contributed by atoms with van der Waals surface area (Å²) in [6.45, 7) is 4.86. The molecule has 1 aromatic carbocycles. The molecule has 16 heteroatoms. The second-order valence-electron chi connectivity index (χ2n) is 10.3. The highest BCUT2D eigenvalue weighted by Gasteiger charge is 2.44. The fourth-order valence-electron chi connectivity index (χ4n) is 4.95. The van der Waals surface area contributed by atoms with E-state index in [9.17, 15) is 35.9 Å². The number of hydrogen-bond donors (Lipinski definition) is 2. The van der Waals surface area contributed by atoms with Crippen LogP contribution >= 0.6 is 0 Å². The number of nitrogens with one attached hydrogen (secondary N) is 2. The Kier molecular flexibility index (Phi) is 9.15. The van der Waals surface area contributed by atoms with Gasteiger partial charge >= 0.3 is 24.2 Å². The molecule has 2 aliphatic heterocycles. The van der Waals surface area contributed by atoms with Crippen LogP contribution in [0.15, 0.2) is 35.7 Å². The quantitative estimate of drug-likeness (QED) is 0.269. The molecule has 0 radical (unpaired) electrons. The molecule has 0 unspecified atom stereocenters. The van der Waals surface area contributed by atoms with Gasteiger partial charge in [0.05, 0.1) is 0 Å². The number of likely N-dealkylation sites (tertiary alicyclic amines) is 1. The average molecular weight is 613 g/mol. The number of piperidine rings is 1. The molecule has 0 bridgehead atoms. The van der Waals surface area contributed by atoms with E-state index in [2.05, 4.69) is 32.4 Å². The standard InChI is InChI=1S/C27H30F6N8O2/c1-16(14-39(3)34-2)21-13-35-25(38-22(21)36-19-7-10-40(11-8-19)23(42)26(28,29)30)37-20-5-4-17-6-9-41(15-18(17)12-20)24(43)27(31,32)33/h4-5,12-14,19H,2,6-11,15H2,1,3H3,(H2,35,36,37,38)/b16-14+. The summed E-state index contributed by atoms with van der Waals surface area (Å²) in [4.78, 5) is 33.9. The lowest BCUT2D eigenvalue weighted by Crippen LogP contribution is -2.47. The van der Waals surface area contributed by atoms with Gasteiger partial charge in [0.2, 0.25) is 5.95 Å². The van der Waals surface area contributed by atoms with Crippen LogP contribution in [0.5, 0.6) is 0 Å². The maximum atomic E-state index is 13.0. The van der Waals surface area contributed by atoms with Crippen molar-refractivity contribution in [3.63, 3.8) is 0 Å². The third-order valence-corrected chi connectivity index (χ3v) is 7.19. The van der Waals surface area contributed by atoms with Crippen LogP contribution in [0, 0.1) is 0 Å². The minimum atomic E-state index is -4.96. The first-order valence-corrected chi connectivity index (χ1v) is 13.3. The first-order valence-electron chi connectivity index (χ1n) is 13.3. The zero-order chi connectivity index (χ0) is 31.5. The van der Waals surface area contributed by atoms with Crippen LogP contribution in [0.3, 0.4) is 0 Å². The van der Waals surface area contributed by atoms with E-state index in [0.29, 0.717) is 28.2 Å². The molecule has 0 spiro atoms. The van der Waals surface area contributed by atoms with Gasteiger partial charge in [-0.05, 0) is 55.0 Å². The molecule has 0 saturated carbocycles. The summed E-state index contributed by atoms with van der Waals surface area (Å²) in [5.41, 5.74) is 3.16. The van der Waals surface area contributed by atoms with Crippen molar-refractivity contribution < 1.29 is 35.9 Å². The Morgan fingerprint density at radius 2 is 1.70 bits per heavy atom. The molecule has 10 nitrogen and oxygen atoms in total. The Balaban J connectivity index is 1.55. The number of halogens is 6. The summed E-state index contributed by atoms with van der Waals surface area (Å²) >= 11 is 0. The Bertz CT molecular complexity index is 1400. The van der Waals surface area contributed by atoms with Gasteiger partial charge in [0.25, 0.3) is 0 Å². The second kappa shape index (κ2) is 12.5. The number of hydrazone groups is 1. The predicted octanol–water partition coefficient (Wildman–Crippen LogP) is 4.54. The van der Waals surface area contributed by atoms with Crippen molar-refractivity contribution in [3.8, 4) is 0 Å². The average Bonchev–Trinajstić information content (AvgIpc) is 2.95. The first kappa shape index (κ1) is 31.6. The van der Waals surface area contributed by atoms with Gasteiger partial charge in [-0.2, -0.15) is 36.4 Å². The molecule has 2 aromatic rings. The van der Waals surface area contributed by atoms with Gasteiger partial charge in [0, 0.05) is 69.6 Å².